The maximum atomic E-state index is 12.6. The number of rotatable bonds is 3. The molecule has 0 radical (unpaired) electrons. The average Bonchev–Trinajstić information content (AvgIpc) is 3.18. The first-order valence-electron chi connectivity index (χ1n) is 8.28. The molecule has 5 heteroatoms. The van der Waals surface area contributed by atoms with Gasteiger partial charge in [0.2, 0.25) is 0 Å². The summed E-state index contributed by atoms with van der Waals surface area (Å²) in [6, 6.07) is 0.166. The molecule has 2 fully saturated rings. The lowest BCUT2D eigenvalue weighted by atomic mass is 10.1. The Morgan fingerprint density at radius 1 is 1.24 bits per heavy atom. The summed E-state index contributed by atoms with van der Waals surface area (Å²) in [6.07, 6.45) is 12.2. The molecule has 0 bridgehead atoms. The Balaban J connectivity index is 1.65. The molecule has 1 N–H and O–H groups in total. The average molecular weight is 290 g/mol. The summed E-state index contributed by atoms with van der Waals surface area (Å²) < 4.78 is 2.02. The number of aromatic nitrogens is 2. The van der Waals surface area contributed by atoms with Crippen molar-refractivity contribution >= 4 is 6.03 Å². The maximum absolute atomic E-state index is 12.6. The van der Waals surface area contributed by atoms with Crippen LogP contribution in [0.4, 0.5) is 4.79 Å². The van der Waals surface area contributed by atoms with Gasteiger partial charge in [-0.05, 0) is 31.6 Å². The van der Waals surface area contributed by atoms with Gasteiger partial charge in [0.15, 0.2) is 0 Å². The molecule has 1 saturated carbocycles. The fraction of sp³-hybridized carbons (Fsp3) is 0.750. The molecule has 2 aliphatic rings. The molecule has 0 aromatic carbocycles. The Bertz CT molecular complexity index is 472. The van der Waals surface area contributed by atoms with Crippen molar-refractivity contribution in [1.29, 1.82) is 0 Å². The second-order valence-corrected chi connectivity index (χ2v) is 6.42. The number of amides is 2. The van der Waals surface area contributed by atoms with Gasteiger partial charge in [-0.2, -0.15) is 0 Å². The Morgan fingerprint density at radius 2 is 1.90 bits per heavy atom. The minimum Gasteiger partial charge on any atom is -0.336 e. The summed E-state index contributed by atoms with van der Waals surface area (Å²) in [4.78, 5) is 19.0. The number of likely N-dealkylation sites (tertiary alicyclic amines) is 1. The van der Waals surface area contributed by atoms with Gasteiger partial charge in [0, 0.05) is 32.5 Å². The Morgan fingerprint density at radius 3 is 2.48 bits per heavy atom. The van der Waals surface area contributed by atoms with Crippen molar-refractivity contribution in [3.8, 4) is 0 Å². The van der Waals surface area contributed by atoms with E-state index in [-0.39, 0.29) is 12.1 Å². The lowest BCUT2D eigenvalue weighted by molar-refractivity contribution is 0.186. The van der Waals surface area contributed by atoms with Gasteiger partial charge in [-0.3, -0.25) is 0 Å². The molecule has 2 heterocycles. The molecular formula is C16H26N4O. The minimum atomic E-state index is 0.0722. The molecule has 1 aromatic heterocycles. The molecule has 21 heavy (non-hydrogen) atoms. The number of nitrogens with zero attached hydrogens (tertiary/aromatic N) is 3. The largest absolute Gasteiger partial charge is 0.336 e. The first-order chi connectivity index (χ1) is 10.3. The summed E-state index contributed by atoms with van der Waals surface area (Å²) >= 11 is 0. The number of aryl methyl sites for hydroxylation is 1. The van der Waals surface area contributed by atoms with Crippen molar-refractivity contribution in [2.24, 2.45) is 13.0 Å². The number of imidazole rings is 1. The maximum Gasteiger partial charge on any atom is 0.317 e. The van der Waals surface area contributed by atoms with Crippen LogP contribution in [0, 0.1) is 5.92 Å². The molecule has 1 aromatic rings. The highest BCUT2D eigenvalue weighted by molar-refractivity contribution is 5.74. The molecule has 5 nitrogen and oxygen atoms in total. The zero-order valence-corrected chi connectivity index (χ0v) is 12.9. The first-order valence-corrected chi connectivity index (χ1v) is 8.28. The number of urea groups is 1. The van der Waals surface area contributed by atoms with Crippen LogP contribution in [0.5, 0.6) is 0 Å². The summed E-state index contributed by atoms with van der Waals surface area (Å²) in [7, 11) is 2.00. The minimum absolute atomic E-state index is 0.0722. The highest BCUT2D eigenvalue weighted by Gasteiger charge is 2.36. The highest BCUT2D eigenvalue weighted by atomic mass is 16.2. The molecule has 1 saturated heterocycles. The van der Waals surface area contributed by atoms with Gasteiger partial charge >= 0.3 is 6.03 Å². The normalized spacial score (nSPS) is 21.5. The molecule has 1 aliphatic carbocycles. The van der Waals surface area contributed by atoms with Crippen molar-refractivity contribution in [3.63, 3.8) is 0 Å². The van der Waals surface area contributed by atoms with Crippen LogP contribution in [0.15, 0.2) is 12.4 Å². The lowest BCUT2D eigenvalue weighted by Crippen LogP contribution is -2.44. The predicted octanol–water partition coefficient (Wildman–Crippen LogP) is 2.85. The fourth-order valence-electron chi connectivity index (χ4n) is 3.17. The van der Waals surface area contributed by atoms with Crippen LogP contribution in [0.1, 0.15) is 56.8 Å². The Labute approximate surface area is 126 Å². The second kappa shape index (κ2) is 6.50. The van der Waals surface area contributed by atoms with Crippen LogP contribution >= 0.6 is 0 Å². The molecule has 0 unspecified atom stereocenters. The SMILES string of the molecule is Cn1ccnc1[C@H](NC(=O)N1CCCCCCC1)C1CC1. The second-order valence-electron chi connectivity index (χ2n) is 6.42. The van der Waals surface area contributed by atoms with Crippen LogP contribution in [0.2, 0.25) is 0 Å². The summed E-state index contributed by atoms with van der Waals surface area (Å²) in [5, 5.41) is 3.24. The van der Waals surface area contributed by atoms with Crippen molar-refractivity contribution in [3.05, 3.63) is 18.2 Å². The molecule has 1 atom stereocenters. The van der Waals surface area contributed by atoms with E-state index in [1.54, 1.807) is 0 Å². The van der Waals surface area contributed by atoms with E-state index in [4.69, 9.17) is 0 Å². The first kappa shape index (κ1) is 14.4. The molecule has 2 amide bonds. The standard InChI is InChI=1S/C16H26N4O/c1-19-12-9-17-15(19)14(13-7-8-13)18-16(21)20-10-5-3-2-4-6-11-20/h9,12-14H,2-8,10-11H2,1H3,(H,18,21)/t14-/m1/s1. The number of carbonyl (C=O) groups excluding carboxylic acids is 1. The van der Waals surface area contributed by atoms with E-state index in [1.165, 1.54) is 32.1 Å². The molecular weight excluding hydrogens is 264 g/mol. The van der Waals surface area contributed by atoms with E-state index in [9.17, 15) is 4.79 Å². The van der Waals surface area contributed by atoms with E-state index in [0.717, 1.165) is 31.8 Å². The van der Waals surface area contributed by atoms with Gasteiger partial charge in [-0.25, -0.2) is 9.78 Å². The molecule has 116 valence electrons. The van der Waals surface area contributed by atoms with Crippen LogP contribution in [0.3, 0.4) is 0 Å². The van der Waals surface area contributed by atoms with E-state index >= 15 is 0 Å². The van der Waals surface area contributed by atoms with Gasteiger partial charge in [0.1, 0.15) is 5.82 Å². The van der Waals surface area contributed by atoms with Gasteiger partial charge in [-0.1, -0.05) is 19.3 Å². The summed E-state index contributed by atoms with van der Waals surface area (Å²) in [6.45, 7) is 1.79. The van der Waals surface area contributed by atoms with Gasteiger partial charge in [0.25, 0.3) is 0 Å². The van der Waals surface area contributed by atoms with Crippen molar-refractivity contribution in [2.75, 3.05) is 13.1 Å². The zero-order chi connectivity index (χ0) is 14.7. The van der Waals surface area contributed by atoms with E-state index in [1.807, 2.05) is 28.9 Å². The van der Waals surface area contributed by atoms with Crippen LogP contribution in [-0.4, -0.2) is 33.6 Å². The third-order valence-electron chi connectivity index (χ3n) is 4.65. The number of hydrogen-bond donors (Lipinski definition) is 1. The monoisotopic (exact) mass is 290 g/mol. The molecule has 3 rings (SSSR count). The fourth-order valence-corrected chi connectivity index (χ4v) is 3.17. The third-order valence-corrected chi connectivity index (χ3v) is 4.65. The number of carbonyl (C=O) groups is 1. The topological polar surface area (TPSA) is 50.2 Å². The molecule has 0 spiro atoms. The number of hydrogen-bond acceptors (Lipinski definition) is 2. The van der Waals surface area contributed by atoms with Gasteiger partial charge in [-0.15, -0.1) is 0 Å². The quantitative estimate of drug-likeness (QED) is 0.930. The van der Waals surface area contributed by atoms with E-state index in [0.29, 0.717) is 5.92 Å². The van der Waals surface area contributed by atoms with Gasteiger partial charge in [0.05, 0.1) is 6.04 Å². The van der Waals surface area contributed by atoms with Crippen LogP contribution in [-0.2, 0) is 7.05 Å². The number of nitrogens with one attached hydrogen (secondary N) is 1. The predicted molar refractivity (Wildman–Crippen MR) is 81.9 cm³/mol. The third kappa shape index (κ3) is 3.57. The van der Waals surface area contributed by atoms with Crippen LogP contribution < -0.4 is 5.32 Å². The zero-order valence-electron chi connectivity index (χ0n) is 12.9. The Kier molecular flexibility index (Phi) is 4.46. The Hall–Kier alpha value is -1.52. The lowest BCUT2D eigenvalue weighted by Gasteiger charge is -2.28. The van der Waals surface area contributed by atoms with Crippen LogP contribution in [0.25, 0.3) is 0 Å². The highest BCUT2D eigenvalue weighted by Crippen LogP contribution is 2.40. The van der Waals surface area contributed by atoms with Crippen molar-refractivity contribution < 1.29 is 4.79 Å². The smallest absolute Gasteiger partial charge is 0.317 e. The van der Waals surface area contributed by atoms with Crippen molar-refractivity contribution in [1.82, 2.24) is 19.8 Å². The van der Waals surface area contributed by atoms with E-state index in [2.05, 4.69) is 10.3 Å². The summed E-state index contributed by atoms with van der Waals surface area (Å²) in [5.41, 5.74) is 0. The molecule has 1 aliphatic heterocycles. The van der Waals surface area contributed by atoms with E-state index < -0.39 is 0 Å². The van der Waals surface area contributed by atoms with Crippen molar-refractivity contribution in [2.45, 2.75) is 51.0 Å². The summed E-state index contributed by atoms with van der Waals surface area (Å²) in [5.74, 6) is 1.54. The van der Waals surface area contributed by atoms with Gasteiger partial charge < -0.3 is 14.8 Å².